The van der Waals surface area contributed by atoms with Crippen LogP contribution in [0.4, 0.5) is 0 Å². The SMILES string of the molecule is CC.CC(C)C.CCC.CCCC.Cc1ccc(-c2ccccc2)cc1.Cc1cccc2ccccc12.Cc1ccccc1. The zero-order valence-electron chi connectivity index (χ0n) is 30.3. The summed E-state index contributed by atoms with van der Waals surface area (Å²) < 4.78 is 0. The molecular formula is C44H64. The molecule has 44 heavy (non-hydrogen) atoms. The van der Waals surface area contributed by atoms with Gasteiger partial charge in [0, 0.05) is 0 Å². The Hall–Kier alpha value is -3.64. The zero-order chi connectivity index (χ0) is 33.6. The van der Waals surface area contributed by atoms with Gasteiger partial charge in [-0.3, -0.25) is 0 Å². The van der Waals surface area contributed by atoms with Crippen LogP contribution >= 0.6 is 0 Å². The Morgan fingerprint density at radius 3 is 1.20 bits per heavy atom. The molecule has 0 aliphatic carbocycles. The van der Waals surface area contributed by atoms with Gasteiger partial charge in [-0.15, -0.1) is 0 Å². The Morgan fingerprint density at radius 2 is 0.795 bits per heavy atom. The standard InChI is InChI=1S/C13H12.C11H10.C7H8.2C4H10.C3H8.C2H6/c1-11-7-9-13(10-8-11)12-5-3-2-4-6-12;1-9-5-4-7-10-6-2-3-8-11(9)10;1-7-5-3-2-4-6-7;1-4(2)3;1-3-4-2;1-3-2;1-2/h2-10H,1H3;2-8H,1H3;2-6H,1H3;4H,1-3H3;3-4H2,1-2H3;3H2,1-2H3;1-2H3. The molecule has 0 aliphatic heterocycles. The summed E-state index contributed by atoms with van der Waals surface area (Å²) in [6.45, 7) is 25.4. The molecule has 5 rings (SSSR count). The van der Waals surface area contributed by atoms with E-state index in [9.17, 15) is 0 Å². The van der Waals surface area contributed by atoms with Crippen LogP contribution in [0.1, 0.15) is 98.3 Å². The number of hydrogen-bond acceptors (Lipinski definition) is 0. The predicted molar refractivity (Wildman–Crippen MR) is 205 cm³/mol. The minimum absolute atomic E-state index is 0.833. The summed E-state index contributed by atoms with van der Waals surface area (Å²) in [5.41, 5.74) is 6.54. The Morgan fingerprint density at radius 1 is 0.432 bits per heavy atom. The lowest BCUT2D eigenvalue weighted by Gasteiger charge is -2.00. The number of hydrogen-bond donors (Lipinski definition) is 0. The van der Waals surface area contributed by atoms with Gasteiger partial charge in [0.1, 0.15) is 0 Å². The van der Waals surface area contributed by atoms with Gasteiger partial charge < -0.3 is 0 Å². The lowest BCUT2D eigenvalue weighted by atomic mass is 10.0. The van der Waals surface area contributed by atoms with Gasteiger partial charge in [-0.1, -0.05) is 220 Å². The first kappa shape index (κ1) is 42.5. The molecule has 5 aromatic carbocycles. The van der Waals surface area contributed by atoms with Crippen LogP contribution in [-0.4, -0.2) is 0 Å². The van der Waals surface area contributed by atoms with Gasteiger partial charge in [-0.2, -0.15) is 0 Å². The number of rotatable bonds is 2. The molecule has 0 aromatic heterocycles. The lowest BCUT2D eigenvalue weighted by Crippen LogP contribution is -1.76. The third-order valence-electron chi connectivity index (χ3n) is 5.61. The molecule has 0 saturated carbocycles. The topological polar surface area (TPSA) is 0 Å². The van der Waals surface area contributed by atoms with E-state index < -0.39 is 0 Å². The molecule has 0 spiro atoms. The molecular weight excluding hydrogens is 528 g/mol. The highest BCUT2D eigenvalue weighted by Crippen LogP contribution is 2.19. The summed E-state index contributed by atoms with van der Waals surface area (Å²) in [6.07, 6.45) is 3.89. The highest BCUT2D eigenvalue weighted by Gasteiger charge is 1.94. The van der Waals surface area contributed by atoms with E-state index >= 15 is 0 Å². The molecule has 0 unspecified atom stereocenters. The van der Waals surface area contributed by atoms with Crippen molar-refractivity contribution in [1.82, 2.24) is 0 Å². The fraction of sp³-hybridized carbons (Fsp3) is 0.364. The van der Waals surface area contributed by atoms with E-state index in [0.29, 0.717) is 0 Å². The third-order valence-corrected chi connectivity index (χ3v) is 5.61. The number of unbranched alkanes of at least 4 members (excludes halogenated alkanes) is 1. The van der Waals surface area contributed by atoms with Crippen molar-refractivity contribution in [2.24, 2.45) is 5.92 Å². The zero-order valence-corrected chi connectivity index (χ0v) is 30.3. The van der Waals surface area contributed by atoms with Crippen molar-refractivity contribution in [1.29, 1.82) is 0 Å². The minimum Gasteiger partial charge on any atom is -0.0683 e. The lowest BCUT2D eigenvalue weighted by molar-refractivity contribution is 0.737. The summed E-state index contributed by atoms with van der Waals surface area (Å²) in [5, 5.41) is 2.68. The summed E-state index contributed by atoms with van der Waals surface area (Å²) in [4.78, 5) is 0. The van der Waals surface area contributed by atoms with E-state index in [-0.39, 0.29) is 0 Å². The molecule has 0 bridgehead atoms. The summed E-state index contributed by atoms with van der Waals surface area (Å²) in [6, 6.07) is 44.1. The molecule has 0 saturated heterocycles. The first-order chi connectivity index (χ1) is 21.2. The van der Waals surface area contributed by atoms with Gasteiger partial charge in [0.15, 0.2) is 0 Å². The van der Waals surface area contributed by atoms with Crippen LogP contribution in [0.3, 0.4) is 0 Å². The van der Waals surface area contributed by atoms with Crippen molar-refractivity contribution in [3.05, 3.63) is 144 Å². The molecule has 0 radical (unpaired) electrons. The molecule has 0 fully saturated rings. The van der Waals surface area contributed by atoms with Gasteiger partial charge in [-0.05, 0) is 54.2 Å². The molecule has 0 nitrogen and oxygen atoms in total. The molecule has 5 aromatic rings. The summed E-state index contributed by atoms with van der Waals surface area (Å²) in [7, 11) is 0. The van der Waals surface area contributed by atoms with Crippen molar-refractivity contribution in [2.75, 3.05) is 0 Å². The van der Waals surface area contributed by atoms with Crippen molar-refractivity contribution in [2.45, 2.75) is 102 Å². The summed E-state index contributed by atoms with van der Waals surface area (Å²) in [5.74, 6) is 0.833. The van der Waals surface area contributed by atoms with Crippen molar-refractivity contribution < 1.29 is 0 Å². The van der Waals surface area contributed by atoms with Crippen molar-refractivity contribution in [3.63, 3.8) is 0 Å². The Labute approximate surface area is 273 Å². The first-order valence-electron chi connectivity index (χ1n) is 16.8. The fourth-order valence-electron chi connectivity index (χ4n) is 3.30. The van der Waals surface area contributed by atoms with Gasteiger partial charge in [0.05, 0.1) is 0 Å². The maximum Gasteiger partial charge on any atom is -0.0155 e. The number of fused-ring (bicyclic) bond motifs is 1. The van der Waals surface area contributed by atoms with Gasteiger partial charge >= 0.3 is 0 Å². The molecule has 0 atom stereocenters. The second-order valence-electron chi connectivity index (χ2n) is 11.1. The Kier molecular flexibility index (Phi) is 28.4. The van der Waals surface area contributed by atoms with Gasteiger partial charge in [0.2, 0.25) is 0 Å². The number of aryl methyl sites for hydroxylation is 3. The molecule has 240 valence electrons. The molecule has 0 amide bonds. The van der Waals surface area contributed by atoms with Crippen LogP contribution in [0.2, 0.25) is 0 Å². The fourth-order valence-corrected chi connectivity index (χ4v) is 3.30. The highest BCUT2D eigenvalue weighted by atomic mass is 14.0. The molecule has 0 N–H and O–H groups in total. The third kappa shape index (κ3) is 22.9. The highest BCUT2D eigenvalue weighted by molar-refractivity contribution is 5.85. The van der Waals surface area contributed by atoms with E-state index in [0.717, 1.165) is 5.92 Å². The van der Waals surface area contributed by atoms with Gasteiger partial charge in [-0.25, -0.2) is 0 Å². The van der Waals surface area contributed by atoms with Crippen LogP contribution in [0, 0.1) is 26.7 Å². The smallest absolute Gasteiger partial charge is 0.0155 e. The van der Waals surface area contributed by atoms with E-state index in [4.69, 9.17) is 0 Å². The van der Waals surface area contributed by atoms with Crippen LogP contribution in [-0.2, 0) is 0 Å². The second kappa shape index (κ2) is 29.4. The Bertz CT molecular complexity index is 1260. The Balaban J connectivity index is 0. The maximum atomic E-state index is 2.18. The quantitative estimate of drug-likeness (QED) is 0.191. The largest absolute Gasteiger partial charge is 0.0683 e. The van der Waals surface area contributed by atoms with Crippen molar-refractivity contribution >= 4 is 10.8 Å². The predicted octanol–water partition coefficient (Wildman–Crippen LogP) is 14.7. The van der Waals surface area contributed by atoms with E-state index in [1.807, 2.05) is 38.1 Å². The van der Waals surface area contributed by atoms with Crippen LogP contribution in [0.25, 0.3) is 21.9 Å². The van der Waals surface area contributed by atoms with Crippen molar-refractivity contribution in [3.8, 4) is 11.1 Å². The maximum absolute atomic E-state index is 2.18. The van der Waals surface area contributed by atoms with E-state index in [1.54, 1.807) is 0 Å². The average Bonchev–Trinajstić information content (AvgIpc) is 3.04. The van der Waals surface area contributed by atoms with Crippen LogP contribution in [0.15, 0.2) is 127 Å². The van der Waals surface area contributed by atoms with E-state index in [2.05, 4.69) is 172 Å². The normalized spacial score (nSPS) is 8.93. The van der Waals surface area contributed by atoms with Crippen LogP contribution < -0.4 is 0 Å². The first-order valence-corrected chi connectivity index (χ1v) is 16.8. The second-order valence-corrected chi connectivity index (χ2v) is 11.1. The monoisotopic (exact) mass is 593 g/mol. The van der Waals surface area contributed by atoms with Crippen LogP contribution in [0.5, 0.6) is 0 Å². The minimum atomic E-state index is 0.833. The molecule has 0 heterocycles. The van der Waals surface area contributed by atoms with Gasteiger partial charge in [0.25, 0.3) is 0 Å². The average molecular weight is 593 g/mol. The summed E-state index contributed by atoms with van der Waals surface area (Å²) >= 11 is 0. The molecule has 0 aliphatic rings. The number of benzene rings is 5. The molecule has 0 heteroatoms. The van der Waals surface area contributed by atoms with E-state index in [1.165, 1.54) is 57.9 Å².